The van der Waals surface area contributed by atoms with E-state index in [-0.39, 0.29) is 10.8 Å². The molecule has 2 heterocycles. The van der Waals surface area contributed by atoms with Crippen LogP contribution in [0.15, 0.2) is 34.2 Å². The van der Waals surface area contributed by atoms with Gasteiger partial charge in [-0.1, -0.05) is 12.1 Å². The van der Waals surface area contributed by atoms with Crippen molar-refractivity contribution in [2.45, 2.75) is 24.7 Å². The zero-order chi connectivity index (χ0) is 18.2. The third-order valence-electron chi connectivity index (χ3n) is 4.00. The van der Waals surface area contributed by atoms with Gasteiger partial charge < -0.3 is 0 Å². The Balaban J connectivity index is 1.83. The summed E-state index contributed by atoms with van der Waals surface area (Å²) < 4.78 is 23.1. The van der Waals surface area contributed by atoms with Crippen molar-refractivity contribution in [3.63, 3.8) is 0 Å². The first kappa shape index (κ1) is 17.2. The molecule has 10 heteroatoms. The normalized spacial score (nSPS) is 14.9. The van der Waals surface area contributed by atoms with Crippen LogP contribution < -0.4 is 5.56 Å². The summed E-state index contributed by atoms with van der Waals surface area (Å²) in [6.07, 6.45) is 1.44. The number of hydrogen-bond donors (Lipinski definition) is 1. The number of nitrogens with zero attached hydrogens (tertiary/aromatic N) is 3. The summed E-state index contributed by atoms with van der Waals surface area (Å²) in [7, 11) is -3.58. The van der Waals surface area contributed by atoms with Gasteiger partial charge in [-0.25, -0.2) is 13.4 Å². The maximum Gasteiger partial charge on any atom is 0.269 e. The van der Waals surface area contributed by atoms with Crippen LogP contribution in [0.1, 0.15) is 16.8 Å². The van der Waals surface area contributed by atoms with Gasteiger partial charge in [-0.3, -0.25) is 24.8 Å². The van der Waals surface area contributed by atoms with Gasteiger partial charge in [0.05, 0.1) is 16.2 Å². The fourth-order valence-electron chi connectivity index (χ4n) is 2.80. The quantitative estimate of drug-likeness (QED) is 0.479. The molecule has 0 fully saturated rings. The Morgan fingerprint density at radius 2 is 2.16 bits per heavy atom. The Kier molecular flexibility index (Phi) is 4.39. The molecule has 0 spiro atoms. The first-order valence-electron chi connectivity index (χ1n) is 7.52. The van der Waals surface area contributed by atoms with E-state index in [9.17, 15) is 23.3 Å². The van der Waals surface area contributed by atoms with Crippen molar-refractivity contribution in [1.29, 1.82) is 0 Å². The highest BCUT2D eigenvalue weighted by molar-refractivity contribution is 7.90. The third kappa shape index (κ3) is 3.74. The van der Waals surface area contributed by atoms with E-state index < -0.39 is 20.3 Å². The van der Waals surface area contributed by atoms with Crippen LogP contribution in [0.4, 0.5) is 5.69 Å². The zero-order valence-corrected chi connectivity index (χ0v) is 14.2. The van der Waals surface area contributed by atoms with Gasteiger partial charge in [-0.15, -0.1) is 0 Å². The average molecular weight is 364 g/mol. The molecule has 1 aliphatic rings. The van der Waals surface area contributed by atoms with E-state index >= 15 is 0 Å². The predicted octanol–water partition coefficient (Wildman–Crippen LogP) is 0.640. The average Bonchev–Trinajstić information content (AvgIpc) is 2.54. The first-order chi connectivity index (χ1) is 11.7. The minimum Gasteiger partial charge on any atom is -0.297 e. The van der Waals surface area contributed by atoms with Crippen molar-refractivity contribution in [1.82, 2.24) is 14.9 Å². The first-order valence-corrected chi connectivity index (χ1v) is 9.41. The molecule has 2 aromatic rings. The molecular weight excluding hydrogens is 348 g/mol. The summed E-state index contributed by atoms with van der Waals surface area (Å²) in [6.45, 7) is 1.34. The molecule has 0 bridgehead atoms. The molecule has 0 aliphatic carbocycles. The number of nitro groups is 1. The molecule has 1 aromatic heterocycles. The van der Waals surface area contributed by atoms with Crippen LogP contribution in [0.5, 0.6) is 0 Å². The van der Waals surface area contributed by atoms with Crippen LogP contribution in [-0.2, 0) is 29.3 Å². The second kappa shape index (κ2) is 6.37. The highest BCUT2D eigenvalue weighted by Gasteiger charge is 2.23. The monoisotopic (exact) mass is 364 g/mol. The van der Waals surface area contributed by atoms with Crippen LogP contribution >= 0.6 is 0 Å². The standard InChI is InChI=1S/C15H16N4O5S/c1-25(23,24)15-16-13-5-6-18(9-12(13)14(20)17-15)8-10-3-2-4-11(7-10)19(21)22/h2-4,7H,5-6,8-9H2,1H3,(H,16,17,20). The number of aromatic amines is 1. The number of fused-ring (bicyclic) bond motifs is 1. The number of nitro benzene ring substituents is 1. The largest absolute Gasteiger partial charge is 0.297 e. The summed E-state index contributed by atoms with van der Waals surface area (Å²) in [6, 6.07) is 6.34. The maximum absolute atomic E-state index is 12.2. The summed E-state index contributed by atoms with van der Waals surface area (Å²) in [5.41, 5.74) is 1.25. The number of aromatic nitrogens is 2. The van der Waals surface area contributed by atoms with Gasteiger partial charge in [0.25, 0.3) is 11.2 Å². The third-order valence-corrected chi connectivity index (χ3v) is 4.90. The van der Waals surface area contributed by atoms with E-state index in [1.54, 1.807) is 12.1 Å². The van der Waals surface area contributed by atoms with Crippen molar-refractivity contribution < 1.29 is 13.3 Å². The van der Waals surface area contributed by atoms with Crippen molar-refractivity contribution in [2.24, 2.45) is 0 Å². The second-order valence-electron chi connectivity index (χ2n) is 5.96. The number of hydrogen-bond acceptors (Lipinski definition) is 7. The van der Waals surface area contributed by atoms with Gasteiger partial charge in [-0.2, -0.15) is 0 Å². The van der Waals surface area contributed by atoms with Crippen LogP contribution in [0.2, 0.25) is 0 Å². The molecule has 3 rings (SSSR count). The van der Waals surface area contributed by atoms with Crippen LogP contribution in [0, 0.1) is 10.1 Å². The number of nitrogens with one attached hydrogen (secondary N) is 1. The lowest BCUT2D eigenvalue weighted by atomic mass is 10.1. The van der Waals surface area contributed by atoms with Gasteiger partial charge in [0.1, 0.15) is 0 Å². The van der Waals surface area contributed by atoms with E-state index in [1.165, 1.54) is 12.1 Å². The molecule has 9 nitrogen and oxygen atoms in total. The number of H-pyrrole nitrogens is 1. The van der Waals surface area contributed by atoms with Crippen molar-refractivity contribution in [2.75, 3.05) is 12.8 Å². The summed E-state index contributed by atoms with van der Waals surface area (Å²) in [5.74, 6) is 0. The molecule has 1 aromatic carbocycles. The topological polar surface area (TPSA) is 126 Å². The van der Waals surface area contributed by atoms with E-state index in [0.29, 0.717) is 37.3 Å². The fourth-order valence-corrected chi connectivity index (χ4v) is 3.35. The number of benzene rings is 1. The Labute approximate surface area is 143 Å². The van der Waals surface area contributed by atoms with Crippen LogP contribution in [-0.4, -0.2) is 41.0 Å². The molecular formula is C15H16N4O5S. The Hall–Kier alpha value is -2.59. The van der Waals surface area contributed by atoms with E-state index in [4.69, 9.17) is 0 Å². The highest BCUT2D eigenvalue weighted by atomic mass is 32.2. The highest BCUT2D eigenvalue weighted by Crippen LogP contribution is 2.19. The van der Waals surface area contributed by atoms with Gasteiger partial charge in [-0.05, 0) is 5.56 Å². The molecule has 25 heavy (non-hydrogen) atoms. The van der Waals surface area contributed by atoms with Crippen LogP contribution in [0.3, 0.4) is 0 Å². The maximum atomic E-state index is 12.2. The summed E-state index contributed by atoms with van der Waals surface area (Å²) >= 11 is 0. The molecule has 0 unspecified atom stereocenters. The Bertz CT molecular complexity index is 999. The molecule has 0 saturated heterocycles. The Morgan fingerprint density at radius 1 is 1.40 bits per heavy atom. The van der Waals surface area contributed by atoms with E-state index in [2.05, 4.69) is 9.97 Å². The molecule has 0 saturated carbocycles. The molecule has 0 amide bonds. The lowest BCUT2D eigenvalue weighted by Crippen LogP contribution is -2.36. The van der Waals surface area contributed by atoms with Crippen LogP contribution in [0.25, 0.3) is 0 Å². The van der Waals surface area contributed by atoms with Gasteiger partial charge in [0.15, 0.2) is 0 Å². The summed E-state index contributed by atoms with van der Waals surface area (Å²) in [5, 5.41) is 10.5. The molecule has 0 atom stereocenters. The molecule has 132 valence electrons. The minimum absolute atomic E-state index is 0.0206. The number of non-ortho nitro benzene ring substituents is 1. The minimum atomic E-state index is -3.58. The van der Waals surface area contributed by atoms with E-state index in [0.717, 1.165) is 11.8 Å². The second-order valence-corrected chi connectivity index (χ2v) is 7.89. The van der Waals surface area contributed by atoms with E-state index in [1.807, 2.05) is 4.90 Å². The molecule has 1 aliphatic heterocycles. The lowest BCUT2D eigenvalue weighted by Gasteiger charge is -2.27. The SMILES string of the molecule is CS(=O)(=O)c1nc2c(c(=O)[nH]1)CN(Cc1cccc([N+](=O)[O-])c1)CC2. The predicted molar refractivity (Wildman–Crippen MR) is 88.9 cm³/mol. The van der Waals surface area contributed by atoms with Gasteiger partial charge >= 0.3 is 0 Å². The molecule has 0 radical (unpaired) electrons. The van der Waals surface area contributed by atoms with Gasteiger partial charge in [0.2, 0.25) is 15.0 Å². The molecule has 1 N–H and O–H groups in total. The smallest absolute Gasteiger partial charge is 0.269 e. The Morgan fingerprint density at radius 3 is 2.84 bits per heavy atom. The fraction of sp³-hybridized carbons (Fsp3) is 0.333. The number of sulfone groups is 1. The number of rotatable bonds is 4. The lowest BCUT2D eigenvalue weighted by molar-refractivity contribution is -0.384. The summed E-state index contributed by atoms with van der Waals surface area (Å²) in [4.78, 5) is 31.0. The van der Waals surface area contributed by atoms with Crippen molar-refractivity contribution in [3.05, 3.63) is 61.6 Å². The van der Waals surface area contributed by atoms with Gasteiger partial charge in [0, 0.05) is 44.4 Å². The zero-order valence-electron chi connectivity index (χ0n) is 13.4. The van der Waals surface area contributed by atoms with Crippen molar-refractivity contribution >= 4 is 15.5 Å². The van der Waals surface area contributed by atoms with Crippen molar-refractivity contribution in [3.8, 4) is 0 Å².